The Balaban J connectivity index is 2.17. The molecule has 0 aromatic heterocycles. The van der Waals surface area contributed by atoms with Crippen molar-refractivity contribution in [1.29, 1.82) is 0 Å². The van der Waals surface area contributed by atoms with Crippen molar-refractivity contribution < 1.29 is 4.79 Å². The Hall–Kier alpha value is -0.310. The molecule has 13 heavy (non-hydrogen) atoms. The van der Waals surface area contributed by atoms with Crippen molar-refractivity contribution in [2.75, 3.05) is 0 Å². The molecule has 2 nitrogen and oxygen atoms in total. The van der Waals surface area contributed by atoms with E-state index >= 15 is 0 Å². The molecule has 3 unspecified atom stereocenters. The van der Waals surface area contributed by atoms with E-state index in [9.17, 15) is 4.79 Å². The van der Waals surface area contributed by atoms with E-state index in [1.807, 2.05) is 11.8 Å². The highest BCUT2D eigenvalue weighted by atomic mass is 32.2. The van der Waals surface area contributed by atoms with Crippen LogP contribution < -0.4 is 0 Å². The van der Waals surface area contributed by atoms with Crippen LogP contribution in [0, 0.1) is 5.92 Å². The van der Waals surface area contributed by atoms with Gasteiger partial charge in [-0.1, -0.05) is 6.42 Å². The zero-order valence-electron chi connectivity index (χ0n) is 8.12. The molecule has 0 bridgehead atoms. The molecule has 2 rings (SSSR count). The molecule has 1 heterocycles. The maximum atomic E-state index is 11.4. The lowest BCUT2D eigenvalue weighted by atomic mass is 9.82. The lowest BCUT2D eigenvalue weighted by molar-refractivity contribution is -0.121. The quantitative estimate of drug-likeness (QED) is 0.645. The van der Waals surface area contributed by atoms with Crippen LogP contribution in [0.5, 0.6) is 0 Å². The van der Waals surface area contributed by atoms with Gasteiger partial charge in [-0.25, -0.2) is 0 Å². The summed E-state index contributed by atoms with van der Waals surface area (Å²) in [6, 6.07) is 0.302. The molecule has 0 saturated heterocycles. The fourth-order valence-electron chi connectivity index (χ4n) is 2.34. The lowest BCUT2D eigenvalue weighted by Crippen LogP contribution is -2.35. The van der Waals surface area contributed by atoms with Gasteiger partial charge in [0.2, 0.25) is 0 Å². The van der Waals surface area contributed by atoms with Gasteiger partial charge in [-0.3, -0.25) is 9.79 Å². The van der Waals surface area contributed by atoms with Crippen molar-refractivity contribution in [3.8, 4) is 0 Å². The highest BCUT2D eigenvalue weighted by molar-refractivity contribution is 8.14. The van der Waals surface area contributed by atoms with Crippen molar-refractivity contribution in [2.24, 2.45) is 10.9 Å². The van der Waals surface area contributed by atoms with Crippen LogP contribution in [0.1, 0.15) is 33.1 Å². The Labute approximate surface area is 83.2 Å². The van der Waals surface area contributed by atoms with E-state index in [-0.39, 0.29) is 5.92 Å². The molecule has 2 aliphatic rings. The molecule has 3 atom stereocenters. The maximum absolute atomic E-state index is 11.4. The largest absolute Gasteiger partial charge is 0.300 e. The molecule has 1 aliphatic heterocycles. The van der Waals surface area contributed by atoms with Crippen LogP contribution in [0.15, 0.2) is 4.99 Å². The third kappa shape index (κ3) is 1.66. The van der Waals surface area contributed by atoms with Gasteiger partial charge < -0.3 is 0 Å². The van der Waals surface area contributed by atoms with Gasteiger partial charge in [0, 0.05) is 11.2 Å². The summed E-state index contributed by atoms with van der Waals surface area (Å²) in [7, 11) is 0. The van der Waals surface area contributed by atoms with Crippen LogP contribution in [-0.4, -0.2) is 22.1 Å². The smallest absolute Gasteiger partial charge is 0.135 e. The monoisotopic (exact) mass is 197 g/mol. The van der Waals surface area contributed by atoms with E-state index < -0.39 is 0 Å². The molecule has 0 spiro atoms. The molecule has 0 aromatic carbocycles. The van der Waals surface area contributed by atoms with Gasteiger partial charge in [-0.05, 0) is 26.7 Å². The van der Waals surface area contributed by atoms with Crippen molar-refractivity contribution in [3.05, 3.63) is 0 Å². The Bertz CT molecular complexity index is 262. The fourth-order valence-corrected chi connectivity index (χ4v) is 3.64. The third-order valence-electron chi connectivity index (χ3n) is 2.97. The van der Waals surface area contributed by atoms with Crippen LogP contribution in [0.25, 0.3) is 0 Å². The van der Waals surface area contributed by atoms with Crippen molar-refractivity contribution >= 4 is 22.6 Å². The molecule has 3 heteroatoms. The SMILES string of the molecule is CC(=O)C1CCCC2SC(C)=NC21. The first-order valence-corrected chi connectivity index (χ1v) is 5.78. The van der Waals surface area contributed by atoms with Gasteiger partial charge in [-0.2, -0.15) is 0 Å². The molecule has 1 aliphatic carbocycles. The number of rotatable bonds is 1. The molecule has 0 radical (unpaired) electrons. The summed E-state index contributed by atoms with van der Waals surface area (Å²) < 4.78 is 0. The number of fused-ring (bicyclic) bond motifs is 1. The Morgan fingerprint density at radius 3 is 3.00 bits per heavy atom. The van der Waals surface area contributed by atoms with E-state index in [1.54, 1.807) is 6.92 Å². The van der Waals surface area contributed by atoms with Crippen LogP contribution in [-0.2, 0) is 4.79 Å². The van der Waals surface area contributed by atoms with E-state index in [0.29, 0.717) is 17.1 Å². The number of hydrogen-bond donors (Lipinski definition) is 0. The normalized spacial score (nSPS) is 38.3. The summed E-state index contributed by atoms with van der Waals surface area (Å²) in [5, 5.41) is 1.77. The van der Waals surface area contributed by atoms with Crippen LogP contribution in [0.2, 0.25) is 0 Å². The zero-order chi connectivity index (χ0) is 9.42. The number of thioether (sulfide) groups is 1. The minimum Gasteiger partial charge on any atom is -0.300 e. The maximum Gasteiger partial charge on any atom is 0.135 e. The van der Waals surface area contributed by atoms with Gasteiger partial charge in [0.25, 0.3) is 0 Å². The number of carbonyl (C=O) groups is 1. The topological polar surface area (TPSA) is 29.4 Å². The van der Waals surface area contributed by atoms with Crippen LogP contribution in [0.3, 0.4) is 0 Å². The first kappa shape index (κ1) is 9.25. The van der Waals surface area contributed by atoms with E-state index in [4.69, 9.17) is 0 Å². The summed E-state index contributed by atoms with van der Waals surface area (Å²) in [5.74, 6) is 0.539. The second kappa shape index (κ2) is 3.45. The average molecular weight is 197 g/mol. The highest BCUT2D eigenvalue weighted by Gasteiger charge is 2.39. The number of hydrogen-bond acceptors (Lipinski definition) is 3. The predicted molar refractivity (Wildman–Crippen MR) is 56.3 cm³/mol. The summed E-state index contributed by atoms with van der Waals surface area (Å²) in [4.78, 5) is 15.9. The van der Waals surface area contributed by atoms with Gasteiger partial charge >= 0.3 is 0 Å². The number of ketones is 1. The molecule has 0 N–H and O–H groups in total. The standard InChI is InChI=1S/C10H15NOS/c1-6(12)8-4-3-5-9-10(8)11-7(2)13-9/h8-10H,3-5H2,1-2H3. The Morgan fingerprint density at radius 2 is 2.31 bits per heavy atom. The lowest BCUT2D eigenvalue weighted by Gasteiger charge is -2.29. The molecule has 0 aromatic rings. The second-order valence-corrected chi connectivity index (χ2v) is 5.38. The molecular formula is C10H15NOS. The zero-order valence-corrected chi connectivity index (χ0v) is 8.93. The number of aliphatic imine (C=N–C) groups is 1. The predicted octanol–water partition coefficient (Wildman–Crippen LogP) is 2.28. The van der Waals surface area contributed by atoms with Gasteiger partial charge in [-0.15, -0.1) is 11.8 Å². The van der Waals surface area contributed by atoms with Gasteiger partial charge in [0.1, 0.15) is 5.78 Å². The number of Topliss-reactive ketones (excluding diaryl/α,β-unsaturated/α-hetero) is 1. The first-order chi connectivity index (χ1) is 6.18. The molecule has 1 saturated carbocycles. The highest BCUT2D eigenvalue weighted by Crippen LogP contribution is 2.40. The van der Waals surface area contributed by atoms with Crippen LogP contribution in [0.4, 0.5) is 0 Å². The summed E-state index contributed by atoms with van der Waals surface area (Å²) >= 11 is 1.87. The number of carbonyl (C=O) groups excluding carboxylic acids is 1. The summed E-state index contributed by atoms with van der Waals surface area (Å²) in [6.07, 6.45) is 3.48. The summed E-state index contributed by atoms with van der Waals surface area (Å²) in [6.45, 7) is 3.76. The summed E-state index contributed by atoms with van der Waals surface area (Å²) in [5.41, 5.74) is 0. The Morgan fingerprint density at radius 1 is 1.54 bits per heavy atom. The fraction of sp³-hybridized carbons (Fsp3) is 0.800. The number of nitrogens with zero attached hydrogens (tertiary/aromatic N) is 1. The van der Waals surface area contributed by atoms with Gasteiger partial charge in [0.05, 0.1) is 11.1 Å². The minimum atomic E-state index is 0.212. The second-order valence-electron chi connectivity index (χ2n) is 3.94. The molecule has 1 fully saturated rings. The average Bonchev–Trinajstić information content (AvgIpc) is 2.43. The van der Waals surface area contributed by atoms with Crippen molar-refractivity contribution in [1.82, 2.24) is 0 Å². The van der Waals surface area contributed by atoms with E-state index in [2.05, 4.69) is 11.9 Å². The molecular weight excluding hydrogens is 182 g/mol. The van der Waals surface area contributed by atoms with Crippen LogP contribution >= 0.6 is 11.8 Å². The van der Waals surface area contributed by atoms with Gasteiger partial charge in [0.15, 0.2) is 0 Å². The molecule has 72 valence electrons. The minimum absolute atomic E-state index is 0.212. The van der Waals surface area contributed by atoms with E-state index in [1.165, 1.54) is 17.9 Å². The van der Waals surface area contributed by atoms with Crippen molar-refractivity contribution in [2.45, 2.75) is 44.4 Å². The Kier molecular flexibility index (Phi) is 2.45. The van der Waals surface area contributed by atoms with Crippen molar-refractivity contribution in [3.63, 3.8) is 0 Å². The molecule has 0 amide bonds. The third-order valence-corrected chi connectivity index (χ3v) is 4.24. The first-order valence-electron chi connectivity index (χ1n) is 4.90. The van der Waals surface area contributed by atoms with E-state index in [0.717, 1.165) is 6.42 Å².